The maximum atomic E-state index is 12.9. The number of nitrogens with zero attached hydrogens (tertiary/aromatic N) is 3. The van der Waals surface area contributed by atoms with Gasteiger partial charge in [0.2, 0.25) is 5.82 Å². The molecule has 2 aromatic heterocycles. The van der Waals surface area contributed by atoms with E-state index in [0.717, 1.165) is 17.2 Å². The van der Waals surface area contributed by atoms with Crippen molar-refractivity contribution in [3.63, 3.8) is 0 Å². The van der Waals surface area contributed by atoms with Gasteiger partial charge in [-0.05, 0) is 36.8 Å². The molecule has 132 valence electrons. The topological polar surface area (TPSA) is 79.5 Å². The molecule has 6 nitrogen and oxygen atoms in total. The minimum atomic E-state index is -2.77. The average molecular weight is 340 g/mol. The molecule has 0 aliphatic rings. The van der Waals surface area contributed by atoms with Crippen molar-refractivity contribution in [3.05, 3.63) is 29.7 Å². The van der Waals surface area contributed by atoms with E-state index in [4.69, 9.17) is 0 Å². The molecule has 0 bridgehead atoms. The summed E-state index contributed by atoms with van der Waals surface area (Å²) in [4.78, 5) is 12.4. The first-order chi connectivity index (χ1) is 11.5. The normalized spacial score (nSPS) is 12.1. The van der Waals surface area contributed by atoms with Crippen molar-refractivity contribution in [2.45, 2.75) is 39.5 Å². The van der Waals surface area contributed by atoms with Crippen LogP contribution in [-0.4, -0.2) is 38.8 Å². The van der Waals surface area contributed by atoms with E-state index in [0.29, 0.717) is 13.0 Å². The summed E-state index contributed by atoms with van der Waals surface area (Å²) >= 11 is 0. The lowest BCUT2D eigenvalue weighted by atomic mass is 9.79. The molecule has 2 heterocycles. The second-order valence-corrected chi connectivity index (χ2v) is 5.87. The summed E-state index contributed by atoms with van der Waals surface area (Å²) in [5, 5.41) is 19.1. The largest absolute Gasteiger partial charge is 0.396 e. The van der Waals surface area contributed by atoms with Crippen molar-refractivity contribution in [3.8, 4) is 0 Å². The molecule has 0 saturated carbocycles. The number of pyridine rings is 1. The van der Waals surface area contributed by atoms with Crippen LogP contribution in [0.15, 0.2) is 18.3 Å². The number of halogens is 2. The van der Waals surface area contributed by atoms with Crippen LogP contribution in [0.5, 0.6) is 0 Å². The minimum absolute atomic E-state index is 0.0575. The van der Waals surface area contributed by atoms with Crippen LogP contribution in [0.4, 0.5) is 8.78 Å². The lowest BCUT2D eigenvalue weighted by molar-refractivity contribution is 0.0906. The van der Waals surface area contributed by atoms with Crippen molar-refractivity contribution in [2.75, 3.05) is 13.2 Å². The first kappa shape index (κ1) is 18.3. The molecule has 8 heteroatoms. The molecule has 2 N–H and O–H groups in total. The number of carbonyl (C=O) groups excluding carboxylic acids is 1. The number of aromatic nitrogens is 3. The third-order valence-corrected chi connectivity index (χ3v) is 4.65. The van der Waals surface area contributed by atoms with Crippen LogP contribution in [0.1, 0.15) is 55.7 Å². The number of aliphatic hydroxyl groups is 1. The SMILES string of the molecule is CCC(CC)(CCO)CNC(=O)c1ccc2nnc(C(F)F)n2c1. The molecule has 0 aliphatic carbocycles. The monoisotopic (exact) mass is 340 g/mol. The molecule has 0 aliphatic heterocycles. The number of hydrogen-bond donors (Lipinski definition) is 2. The Bertz CT molecular complexity index is 698. The van der Waals surface area contributed by atoms with Gasteiger partial charge >= 0.3 is 0 Å². The van der Waals surface area contributed by atoms with E-state index in [1.54, 1.807) is 0 Å². The first-order valence-corrected chi connectivity index (χ1v) is 7.98. The fourth-order valence-corrected chi connectivity index (χ4v) is 2.74. The van der Waals surface area contributed by atoms with E-state index in [9.17, 15) is 18.7 Å². The maximum absolute atomic E-state index is 12.9. The summed E-state index contributed by atoms with van der Waals surface area (Å²) in [7, 11) is 0. The van der Waals surface area contributed by atoms with Gasteiger partial charge in [0, 0.05) is 19.3 Å². The zero-order valence-corrected chi connectivity index (χ0v) is 13.8. The highest BCUT2D eigenvalue weighted by atomic mass is 19.3. The van der Waals surface area contributed by atoms with Crippen molar-refractivity contribution in [1.29, 1.82) is 0 Å². The molecule has 0 aromatic carbocycles. The van der Waals surface area contributed by atoms with Gasteiger partial charge in [0.1, 0.15) is 0 Å². The third-order valence-electron chi connectivity index (χ3n) is 4.65. The van der Waals surface area contributed by atoms with Crippen LogP contribution in [0.2, 0.25) is 0 Å². The summed E-state index contributed by atoms with van der Waals surface area (Å²) in [6, 6.07) is 3.01. The van der Waals surface area contributed by atoms with Gasteiger partial charge < -0.3 is 10.4 Å². The molecule has 2 aromatic rings. The number of carbonyl (C=O) groups is 1. The number of rotatable bonds is 8. The summed E-state index contributed by atoms with van der Waals surface area (Å²) in [5.41, 5.74) is 0.354. The van der Waals surface area contributed by atoms with E-state index in [1.165, 1.54) is 18.3 Å². The maximum Gasteiger partial charge on any atom is 0.297 e. The van der Waals surface area contributed by atoms with Gasteiger partial charge in [0.25, 0.3) is 12.3 Å². The molecular weight excluding hydrogens is 318 g/mol. The van der Waals surface area contributed by atoms with Crippen LogP contribution < -0.4 is 5.32 Å². The predicted molar refractivity (Wildman–Crippen MR) is 85.0 cm³/mol. The van der Waals surface area contributed by atoms with Crippen molar-refractivity contribution < 1.29 is 18.7 Å². The van der Waals surface area contributed by atoms with Gasteiger partial charge in [-0.3, -0.25) is 9.20 Å². The number of hydrogen-bond acceptors (Lipinski definition) is 4. The number of nitrogens with one attached hydrogen (secondary N) is 1. The number of alkyl halides is 2. The van der Waals surface area contributed by atoms with Crippen molar-refractivity contribution in [1.82, 2.24) is 19.9 Å². The van der Waals surface area contributed by atoms with Crippen LogP contribution in [0.3, 0.4) is 0 Å². The van der Waals surface area contributed by atoms with Crippen LogP contribution in [0, 0.1) is 5.41 Å². The Kier molecular flexibility index (Phi) is 5.82. The molecule has 0 saturated heterocycles. The molecule has 0 spiro atoms. The van der Waals surface area contributed by atoms with Crippen LogP contribution in [-0.2, 0) is 0 Å². The molecule has 2 rings (SSSR count). The lowest BCUT2D eigenvalue weighted by Crippen LogP contribution is -2.37. The predicted octanol–water partition coefficient (Wildman–Crippen LogP) is 2.59. The summed E-state index contributed by atoms with van der Waals surface area (Å²) < 4.78 is 26.9. The fraction of sp³-hybridized carbons (Fsp3) is 0.562. The Morgan fingerprint density at radius 2 is 2.04 bits per heavy atom. The molecule has 24 heavy (non-hydrogen) atoms. The minimum Gasteiger partial charge on any atom is -0.396 e. The molecule has 0 fully saturated rings. The summed E-state index contributed by atoms with van der Waals surface area (Å²) in [6.07, 6.45) is 0.794. The van der Waals surface area contributed by atoms with Crippen molar-refractivity contribution >= 4 is 11.6 Å². The van der Waals surface area contributed by atoms with E-state index >= 15 is 0 Å². The smallest absolute Gasteiger partial charge is 0.297 e. The van der Waals surface area contributed by atoms with Gasteiger partial charge in [0.05, 0.1) is 5.56 Å². The fourth-order valence-electron chi connectivity index (χ4n) is 2.74. The standard InChI is InChI=1S/C16H22F2N4O2/c1-3-16(4-2,7-8-23)10-19-15(24)11-5-6-12-20-21-14(13(17)18)22(12)9-11/h5-6,9,13,23H,3-4,7-8,10H2,1-2H3,(H,19,24). The van der Waals surface area contributed by atoms with Gasteiger partial charge in [-0.25, -0.2) is 8.78 Å². The number of fused-ring (bicyclic) bond motifs is 1. The second-order valence-electron chi connectivity index (χ2n) is 5.87. The summed E-state index contributed by atoms with van der Waals surface area (Å²) in [6.45, 7) is 4.51. The molecule has 0 unspecified atom stereocenters. The quantitative estimate of drug-likeness (QED) is 0.774. The first-order valence-electron chi connectivity index (χ1n) is 7.98. The Labute approximate surface area is 138 Å². The zero-order chi connectivity index (χ0) is 17.7. The molecular formula is C16H22F2N4O2. The highest BCUT2D eigenvalue weighted by Crippen LogP contribution is 2.29. The van der Waals surface area contributed by atoms with Crippen molar-refractivity contribution in [2.24, 2.45) is 5.41 Å². The molecule has 0 radical (unpaired) electrons. The van der Waals surface area contributed by atoms with Crippen LogP contribution in [0.25, 0.3) is 5.65 Å². The van der Waals surface area contributed by atoms with E-state index in [1.807, 2.05) is 13.8 Å². The zero-order valence-electron chi connectivity index (χ0n) is 13.8. The highest BCUT2D eigenvalue weighted by molar-refractivity contribution is 5.94. The molecule has 1 amide bonds. The van der Waals surface area contributed by atoms with E-state index in [-0.39, 0.29) is 29.1 Å². The van der Waals surface area contributed by atoms with E-state index < -0.39 is 12.2 Å². The average Bonchev–Trinajstić information content (AvgIpc) is 3.01. The Balaban J connectivity index is 2.17. The van der Waals surface area contributed by atoms with E-state index in [2.05, 4.69) is 15.5 Å². The Hall–Kier alpha value is -2.09. The highest BCUT2D eigenvalue weighted by Gasteiger charge is 2.26. The number of aliphatic hydroxyl groups excluding tert-OH is 1. The Morgan fingerprint density at radius 1 is 1.33 bits per heavy atom. The Morgan fingerprint density at radius 3 is 2.62 bits per heavy atom. The van der Waals surface area contributed by atoms with Gasteiger partial charge in [-0.2, -0.15) is 0 Å². The van der Waals surface area contributed by atoms with Gasteiger partial charge in [-0.1, -0.05) is 13.8 Å². The van der Waals surface area contributed by atoms with Crippen LogP contribution >= 0.6 is 0 Å². The molecule has 0 atom stereocenters. The van der Waals surface area contributed by atoms with Gasteiger partial charge in [-0.15, -0.1) is 10.2 Å². The second kappa shape index (κ2) is 7.65. The van der Waals surface area contributed by atoms with Gasteiger partial charge in [0.15, 0.2) is 5.65 Å². The number of amides is 1. The third kappa shape index (κ3) is 3.69. The summed E-state index contributed by atoms with van der Waals surface area (Å²) in [5.74, 6) is -0.841. The lowest BCUT2D eigenvalue weighted by Gasteiger charge is -2.31.